The molecule has 1 unspecified atom stereocenters. The normalized spacial score (nSPS) is 15.2. The largest absolute Gasteiger partial charge is 0.508 e. The number of aliphatic carboxylic acids is 1. The molecule has 4 rings (SSSR count). The number of carboxylic acids is 2. The lowest BCUT2D eigenvalue weighted by Gasteiger charge is -1.97. The minimum atomic E-state index is -1.15. The summed E-state index contributed by atoms with van der Waals surface area (Å²) in [6.07, 6.45) is 0. The number of fused-ring (bicyclic) bond motifs is 2. The van der Waals surface area contributed by atoms with Crippen LogP contribution < -0.4 is 0 Å². The average molecular weight is 393 g/mol. The van der Waals surface area contributed by atoms with E-state index in [1.807, 2.05) is 0 Å². The number of thioether (sulfide) groups is 2. The monoisotopic (exact) mass is 393 g/mol. The van der Waals surface area contributed by atoms with Gasteiger partial charge in [-0.1, -0.05) is 28.7 Å². The summed E-state index contributed by atoms with van der Waals surface area (Å²) in [5.74, 6) is -1.78. The molecule has 0 fully saturated rings. The molecule has 4 N–H and O–H groups in total. The van der Waals surface area contributed by atoms with E-state index in [9.17, 15) is 9.59 Å². The van der Waals surface area contributed by atoms with E-state index >= 15 is 0 Å². The fraction of sp³-hybridized carbons (Fsp3) is 0.0625. The Morgan fingerprint density at radius 2 is 1.62 bits per heavy atom. The Bertz CT molecular complexity index is 1000. The van der Waals surface area contributed by atoms with Crippen molar-refractivity contribution in [3.05, 3.63) is 42.1 Å². The van der Waals surface area contributed by atoms with Gasteiger partial charge in [0.05, 0.1) is 5.39 Å². The maximum atomic E-state index is 10.7. The van der Waals surface area contributed by atoms with Crippen LogP contribution in [0.1, 0.15) is 10.5 Å². The number of aromatic nitrogens is 1. The first kappa shape index (κ1) is 18.0. The number of hydrogen-bond acceptors (Lipinski definition) is 8. The minimum absolute atomic E-state index is 0.0144. The molecular formula is C16H11NO7S2. The Balaban J connectivity index is 0.000000151. The summed E-state index contributed by atoms with van der Waals surface area (Å²) in [6, 6.07) is 9.04. The van der Waals surface area contributed by atoms with Crippen molar-refractivity contribution >= 4 is 46.4 Å². The summed E-state index contributed by atoms with van der Waals surface area (Å²) in [6.45, 7) is 0. The van der Waals surface area contributed by atoms with Crippen LogP contribution in [0, 0.1) is 0 Å². The third-order valence-corrected chi connectivity index (χ3v) is 5.99. The van der Waals surface area contributed by atoms with Crippen molar-refractivity contribution in [3.63, 3.8) is 0 Å². The second kappa shape index (κ2) is 7.18. The maximum Gasteiger partial charge on any atom is 0.358 e. The highest BCUT2D eigenvalue weighted by atomic mass is 32.2. The Morgan fingerprint density at radius 3 is 2.31 bits per heavy atom. The van der Waals surface area contributed by atoms with Gasteiger partial charge in [0.25, 0.3) is 0 Å². The van der Waals surface area contributed by atoms with E-state index in [-0.39, 0.29) is 22.8 Å². The zero-order chi connectivity index (χ0) is 18.8. The summed E-state index contributed by atoms with van der Waals surface area (Å²) < 4.78 is 4.23. The third-order valence-electron chi connectivity index (χ3n) is 3.26. The van der Waals surface area contributed by atoms with Crippen LogP contribution in [-0.4, -0.2) is 42.1 Å². The second-order valence-corrected chi connectivity index (χ2v) is 7.65. The SMILES string of the molecule is O=C(O)C1Sc2ccc(O)cc2S1.O=C(O)c1noc2cc(O)ccc12. The van der Waals surface area contributed by atoms with E-state index < -0.39 is 16.5 Å². The lowest BCUT2D eigenvalue weighted by molar-refractivity contribution is -0.134. The van der Waals surface area contributed by atoms with Gasteiger partial charge in [-0.3, -0.25) is 4.79 Å². The van der Waals surface area contributed by atoms with Crippen LogP contribution in [0.15, 0.2) is 50.7 Å². The Hall–Kier alpha value is -2.85. The first-order valence-corrected chi connectivity index (χ1v) is 8.82. The molecule has 3 aromatic rings. The average Bonchev–Trinajstić information content (AvgIpc) is 3.18. The maximum absolute atomic E-state index is 10.7. The number of carboxylic acid groups (broad SMARTS) is 2. The second-order valence-electron chi connectivity index (χ2n) is 5.05. The Kier molecular flexibility index (Phi) is 4.96. The van der Waals surface area contributed by atoms with Crippen LogP contribution in [-0.2, 0) is 4.79 Å². The van der Waals surface area contributed by atoms with Gasteiger partial charge in [0.2, 0.25) is 0 Å². The topological polar surface area (TPSA) is 141 Å². The van der Waals surface area contributed by atoms with Crippen molar-refractivity contribution in [3.8, 4) is 11.5 Å². The van der Waals surface area contributed by atoms with Gasteiger partial charge in [-0.2, -0.15) is 0 Å². The van der Waals surface area contributed by atoms with Gasteiger partial charge in [0.1, 0.15) is 11.5 Å². The number of phenolic OH excluding ortho intramolecular Hbond substituents is 2. The third kappa shape index (κ3) is 3.70. The van der Waals surface area contributed by atoms with Crippen molar-refractivity contribution in [1.29, 1.82) is 0 Å². The quantitative estimate of drug-likeness (QED) is 0.512. The minimum Gasteiger partial charge on any atom is -0.508 e. The van der Waals surface area contributed by atoms with Gasteiger partial charge >= 0.3 is 11.9 Å². The van der Waals surface area contributed by atoms with Crippen molar-refractivity contribution in [2.24, 2.45) is 0 Å². The van der Waals surface area contributed by atoms with Crippen LogP contribution >= 0.6 is 23.5 Å². The predicted octanol–water partition coefficient (Wildman–Crippen LogP) is 3.23. The Morgan fingerprint density at radius 1 is 0.962 bits per heavy atom. The van der Waals surface area contributed by atoms with E-state index in [2.05, 4.69) is 5.16 Å². The zero-order valence-electron chi connectivity index (χ0n) is 12.8. The van der Waals surface area contributed by atoms with Crippen molar-refractivity contribution < 1.29 is 34.5 Å². The smallest absolute Gasteiger partial charge is 0.358 e. The lowest BCUT2D eigenvalue weighted by Crippen LogP contribution is -2.07. The van der Waals surface area contributed by atoms with Crippen LogP contribution in [0.25, 0.3) is 11.0 Å². The highest BCUT2D eigenvalue weighted by Gasteiger charge is 2.28. The van der Waals surface area contributed by atoms with Gasteiger partial charge in [0, 0.05) is 15.9 Å². The molecule has 1 atom stereocenters. The van der Waals surface area contributed by atoms with Crippen LogP contribution in [0.5, 0.6) is 11.5 Å². The molecule has 0 aliphatic carbocycles. The number of aromatic hydroxyl groups is 2. The molecule has 10 heteroatoms. The molecule has 0 bridgehead atoms. The van der Waals surface area contributed by atoms with Crippen LogP contribution in [0.4, 0.5) is 0 Å². The fourth-order valence-electron chi connectivity index (χ4n) is 2.12. The highest BCUT2D eigenvalue weighted by molar-refractivity contribution is 8.20. The van der Waals surface area contributed by atoms with Gasteiger partial charge < -0.3 is 24.9 Å². The molecule has 1 aromatic heterocycles. The first-order valence-electron chi connectivity index (χ1n) is 7.06. The summed E-state index contributed by atoms with van der Waals surface area (Å²) in [4.78, 5) is 23.0. The molecular weight excluding hydrogens is 382 g/mol. The van der Waals surface area contributed by atoms with Crippen molar-refractivity contribution in [2.75, 3.05) is 0 Å². The highest BCUT2D eigenvalue weighted by Crippen LogP contribution is 2.48. The molecule has 2 heterocycles. The van der Waals surface area contributed by atoms with Crippen LogP contribution in [0.3, 0.4) is 0 Å². The number of rotatable bonds is 2. The van der Waals surface area contributed by atoms with Crippen molar-refractivity contribution in [2.45, 2.75) is 14.4 Å². The summed E-state index contributed by atoms with van der Waals surface area (Å²) in [7, 11) is 0. The standard InChI is InChI=1S/C8H5NO4.C8H6O3S2/c10-4-1-2-5-6(3-4)13-9-7(5)8(11)12;9-4-1-2-5-6(3-4)13-8(12-5)7(10)11/h1-3,10H,(H,11,12);1-3,8-9H,(H,10,11). The van der Waals surface area contributed by atoms with Gasteiger partial charge in [0.15, 0.2) is 15.9 Å². The predicted molar refractivity (Wildman–Crippen MR) is 93.9 cm³/mol. The molecule has 1 aliphatic rings. The fourth-order valence-corrected chi connectivity index (χ4v) is 4.58. The molecule has 8 nitrogen and oxygen atoms in total. The number of phenols is 2. The van der Waals surface area contributed by atoms with E-state index in [4.69, 9.17) is 24.9 Å². The molecule has 0 spiro atoms. The number of nitrogens with zero attached hydrogens (tertiary/aromatic N) is 1. The van der Waals surface area contributed by atoms with E-state index in [0.29, 0.717) is 5.39 Å². The van der Waals surface area contributed by atoms with Gasteiger partial charge in [-0.25, -0.2) is 4.79 Å². The Labute approximate surface area is 154 Å². The molecule has 0 radical (unpaired) electrons. The van der Waals surface area contributed by atoms with Crippen LogP contribution in [0.2, 0.25) is 0 Å². The number of carbonyl (C=O) groups is 2. The molecule has 0 amide bonds. The van der Waals surface area contributed by atoms with Crippen molar-refractivity contribution in [1.82, 2.24) is 5.16 Å². The summed E-state index contributed by atoms with van der Waals surface area (Å²) in [5.41, 5.74) is 0.118. The molecule has 0 saturated carbocycles. The summed E-state index contributed by atoms with van der Waals surface area (Å²) in [5, 5.41) is 39.3. The van der Waals surface area contributed by atoms with E-state index in [1.165, 1.54) is 41.7 Å². The van der Waals surface area contributed by atoms with Gasteiger partial charge in [-0.05, 0) is 30.3 Å². The number of aromatic carboxylic acids is 1. The molecule has 2 aromatic carbocycles. The van der Waals surface area contributed by atoms with Gasteiger partial charge in [-0.15, -0.1) is 0 Å². The van der Waals surface area contributed by atoms with E-state index in [1.54, 1.807) is 18.2 Å². The molecule has 134 valence electrons. The van der Waals surface area contributed by atoms with E-state index in [0.717, 1.165) is 9.79 Å². The number of benzene rings is 2. The lowest BCUT2D eigenvalue weighted by atomic mass is 10.2. The first-order chi connectivity index (χ1) is 12.3. The summed E-state index contributed by atoms with van der Waals surface area (Å²) >= 11 is 2.57. The molecule has 1 aliphatic heterocycles. The number of hydrogen-bond donors (Lipinski definition) is 4. The molecule has 0 saturated heterocycles. The molecule has 26 heavy (non-hydrogen) atoms. The zero-order valence-corrected chi connectivity index (χ0v) is 14.5.